The molecule has 2 heterocycles. The third-order valence-electron chi connectivity index (χ3n) is 3.71. The normalized spacial score (nSPS) is 21.6. The number of benzene rings is 1. The van der Waals surface area contributed by atoms with E-state index in [1.54, 1.807) is 0 Å². The van der Waals surface area contributed by atoms with Crippen molar-refractivity contribution in [1.82, 2.24) is 5.32 Å². The molecule has 1 fully saturated rings. The monoisotopic (exact) mass is 261 g/mol. The molecule has 3 rings (SSSR count). The summed E-state index contributed by atoms with van der Waals surface area (Å²) in [4.78, 5) is 0. The van der Waals surface area contributed by atoms with Gasteiger partial charge in [0.05, 0.1) is 6.04 Å². The molecule has 1 aliphatic heterocycles. The minimum absolute atomic E-state index is 0.337. The Bertz CT molecular complexity index is 542. The lowest BCUT2D eigenvalue weighted by Crippen LogP contribution is -2.25. The average Bonchev–Trinajstić information content (AvgIpc) is 3.00. The summed E-state index contributed by atoms with van der Waals surface area (Å²) in [6.07, 6.45) is 2.61. The van der Waals surface area contributed by atoms with E-state index in [-0.39, 0.29) is 0 Å². The minimum Gasteiger partial charge on any atom is -0.459 e. The Morgan fingerprint density at radius 1 is 1.44 bits per heavy atom. The zero-order valence-corrected chi connectivity index (χ0v) is 11.7. The van der Waals surface area contributed by atoms with Crippen LogP contribution in [0.25, 0.3) is 11.0 Å². The standard InChI is InChI=1S/C15H19NOS/c1-10-5-3-6-11-9-12(17-15(10)11)14(16-2)13-7-4-8-18-13/h3,5-6,9,13-14,16H,4,7-8H2,1-2H3. The number of nitrogens with one attached hydrogen (secondary N) is 1. The molecule has 0 amide bonds. The van der Waals surface area contributed by atoms with Gasteiger partial charge >= 0.3 is 0 Å². The smallest absolute Gasteiger partial charge is 0.137 e. The molecule has 2 aromatic rings. The molecule has 0 spiro atoms. The molecule has 1 saturated heterocycles. The van der Waals surface area contributed by atoms with Crippen LogP contribution in [0.2, 0.25) is 0 Å². The van der Waals surface area contributed by atoms with Crippen LogP contribution in [-0.4, -0.2) is 18.1 Å². The molecule has 2 nitrogen and oxygen atoms in total. The van der Waals surface area contributed by atoms with Crippen molar-refractivity contribution in [2.24, 2.45) is 0 Å². The molecule has 1 aromatic heterocycles. The van der Waals surface area contributed by atoms with Crippen molar-refractivity contribution in [3.63, 3.8) is 0 Å². The average molecular weight is 261 g/mol. The molecule has 2 atom stereocenters. The third-order valence-corrected chi connectivity index (χ3v) is 5.17. The van der Waals surface area contributed by atoms with Crippen molar-refractivity contribution < 1.29 is 4.42 Å². The van der Waals surface area contributed by atoms with E-state index in [4.69, 9.17) is 4.42 Å². The zero-order chi connectivity index (χ0) is 12.5. The quantitative estimate of drug-likeness (QED) is 0.907. The Hall–Kier alpha value is -0.930. The van der Waals surface area contributed by atoms with Gasteiger partial charge in [0.25, 0.3) is 0 Å². The first-order valence-electron chi connectivity index (χ1n) is 6.57. The van der Waals surface area contributed by atoms with Gasteiger partial charge in [0.15, 0.2) is 0 Å². The first kappa shape index (κ1) is 12.1. The van der Waals surface area contributed by atoms with E-state index in [2.05, 4.69) is 48.3 Å². The molecule has 18 heavy (non-hydrogen) atoms. The van der Waals surface area contributed by atoms with Crippen LogP contribution in [0, 0.1) is 6.92 Å². The predicted molar refractivity (Wildman–Crippen MR) is 78.2 cm³/mol. The van der Waals surface area contributed by atoms with Gasteiger partial charge in [-0.05, 0) is 44.2 Å². The van der Waals surface area contributed by atoms with E-state index in [0.29, 0.717) is 11.3 Å². The van der Waals surface area contributed by atoms with Gasteiger partial charge in [-0.1, -0.05) is 18.2 Å². The first-order chi connectivity index (χ1) is 8.79. The highest BCUT2D eigenvalue weighted by Crippen LogP contribution is 2.37. The maximum Gasteiger partial charge on any atom is 0.137 e. The molecule has 1 aromatic carbocycles. The summed E-state index contributed by atoms with van der Waals surface area (Å²) in [6, 6.07) is 8.86. The fraction of sp³-hybridized carbons (Fsp3) is 0.467. The number of hydrogen-bond acceptors (Lipinski definition) is 3. The van der Waals surface area contributed by atoms with Gasteiger partial charge in [0.1, 0.15) is 11.3 Å². The lowest BCUT2D eigenvalue weighted by Gasteiger charge is -2.19. The molecule has 96 valence electrons. The Balaban J connectivity index is 1.99. The Morgan fingerprint density at radius 3 is 3.00 bits per heavy atom. The largest absolute Gasteiger partial charge is 0.459 e. The molecule has 3 heteroatoms. The third kappa shape index (κ3) is 2.06. The number of para-hydroxylation sites is 1. The summed E-state index contributed by atoms with van der Waals surface area (Å²) in [5.41, 5.74) is 2.25. The van der Waals surface area contributed by atoms with E-state index in [1.807, 2.05) is 7.05 Å². The number of fused-ring (bicyclic) bond motifs is 1. The van der Waals surface area contributed by atoms with Crippen LogP contribution in [0.3, 0.4) is 0 Å². The lowest BCUT2D eigenvalue weighted by molar-refractivity contribution is 0.436. The van der Waals surface area contributed by atoms with Gasteiger partial charge in [0.2, 0.25) is 0 Å². The van der Waals surface area contributed by atoms with Crippen molar-refractivity contribution in [2.45, 2.75) is 31.1 Å². The topological polar surface area (TPSA) is 25.2 Å². The van der Waals surface area contributed by atoms with E-state index in [9.17, 15) is 0 Å². The summed E-state index contributed by atoms with van der Waals surface area (Å²) in [5.74, 6) is 2.36. The van der Waals surface area contributed by atoms with Crippen molar-refractivity contribution >= 4 is 22.7 Å². The molecule has 0 aliphatic carbocycles. The Morgan fingerprint density at radius 2 is 2.33 bits per heavy atom. The van der Waals surface area contributed by atoms with Gasteiger partial charge in [-0.3, -0.25) is 0 Å². The number of aryl methyl sites for hydroxylation is 1. The molecule has 0 bridgehead atoms. The molecule has 1 N–H and O–H groups in total. The summed E-state index contributed by atoms with van der Waals surface area (Å²) in [5, 5.41) is 5.29. The number of rotatable bonds is 3. The maximum absolute atomic E-state index is 6.09. The van der Waals surface area contributed by atoms with Crippen LogP contribution in [0.4, 0.5) is 0 Å². The zero-order valence-electron chi connectivity index (χ0n) is 10.9. The van der Waals surface area contributed by atoms with Crippen LogP contribution < -0.4 is 5.32 Å². The van der Waals surface area contributed by atoms with Gasteiger partial charge < -0.3 is 9.73 Å². The molecule has 2 unspecified atom stereocenters. The second-order valence-corrected chi connectivity index (χ2v) is 6.31. The fourth-order valence-electron chi connectivity index (χ4n) is 2.76. The number of furan rings is 1. The second-order valence-electron chi connectivity index (χ2n) is 4.96. The van der Waals surface area contributed by atoms with Gasteiger partial charge in [-0.15, -0.1) is 0 Å². The minimum atomic E-state index is 0.337. The van der Waals surface area contributed by atoms with Gasteiger partial charge in [0, 0.05) is 10.6 Å². The number of hydrogen-bond donors (Lipinski definition) is 1. The van der Waals surface area contributed by atoms with E-state index in [0.717, 1.165) is 11.3 Å². The van der Waals surface area contributed by atoms with Crippen LogP contribution in [0.15, 0.2) is 28.7 Å². The van der Waals surface area contributed by atoms with E-state index in [1.165, 1.54) is 29.5 Å². The van der Waals surface area contributed by atoms with Crippen LogP contribution in [-0.2, 0) is 0 Å². The highest BCUT2D eigenvalue weighted by atomic mass is 32.2. The van der Waals surface area contributed by atoms with Crippen molar-refractivity contribution in [1.29, 1.82) is 0 Å². The highest BCUT2D eigenvalue weighted by molar-refractivity contribution is 8.00. The summed E-state index contributed by atoms with van der Waals surface area (Å²) in [7, 11) is 2.03. The second kappa shape index (κ2) is 4.98. The molecular weight excluding hydrogens is 242 g/mol. The maximum atomic E-state index is 6.09. The summed E-state index contributed by atoms with van der Waals surface area (Å²) >= 11 is 2.06. The van der Waals surface area contributed by atoms with Crippen molar-refractivity contribution in [3.8, 4) is 0 Å². The molecule has 0 saturated carbocycles. The van der Waals surface area contributed by atoms with Gasteiger partial charge in [-0.2, -0.15) is 11.8 Å². The summed E-state index contributed by atoms with van der Waals surface area (Å²) < 4.78 is 6.09. The van der Waals surface area contributed by atoms with Crippen molar-refractivity contribution in [3.05, 3.63) is 35.6 Å². The lowest BCUT2D eigenvalue weighted by atomic mass is 10.1. The summed E-state index contributed by atoms with van der Waals surface area (Å²) in [6.45, 7) is 2.11. The molecular formula is C15H19NOS. The highest BCUT2D eigenvalue weighted by Gasteiger charge is 2.28. The SMILES string of the molecule is CNC(c1cc2cccc(C)c2o1)C1CCCS1. The molecule has 1 aliphatic rings. The van der Waals surface area contributed by atoms with E-state index < -0.39 is 0 Å². The fourth-order valence-corrected chi connectivity index (χ4v) is 4.19. The Labute approximate surface area is 112 Å². The molecule has 0 radical (unpaired) electrons. The van der Waals surface area contributed by atoms with Crippen molar-refractivity contribution in [2.75, 3.05) is 12.8 Å². The van der Waals surface area contributed by atoms with Crippen LogP contribution in [0.1, 0.15) is 30.2 Å². The van der Waals surface area contributed by atoms with Gasteiger partial charge in [-0.25, -0.2) is 0 Å². The first-order valence-corrected chi connectivity index (χ1v) is 7.62. The van der Waals surface area contributed by atoms with E-state index >= 15 is 0 Å². The van der Waals surface area contributed by atoms with Crippen LogP contribution in [0.5, 0.6) is 0 Å². The number of thioether (sulfide) groups is 1. The van der Waals surface area contributed by atoms with Crippen LogP contribution >= 0.6 is 11.8 Å². The Kier molecular flexibility index (Phi) is 3.35. The predicted octanol–water partition coefficient (Wildman–Crippen LogP) is 3.90.